The largest absolute Gasteiger partial charge is 0.490 e. The predicted octanol–water partition coefficient (Wildman–Crippen LogP) is 3.85. The van der Waals surface area contributed by atoms with E-state index in [1.165, 1.54) is 6.92 Å². The van der Waals surface area contributed by atoms with Crippen LogP contribution in [0.5, 0.6) is 5.75 Å². The van der Waals surface area contributed by atoms with Crippen molar-refractivity contribution in [2.24, 2.45) is 0 Å². The van der Waals surface area contributed by atoms with Gasteiger partial charge in [0, 0.05) is 63.2 Å². The van der Waals surface area contributed by atoms with Gasteiger partial charge in [0.2, 0.25) is 5.91 Å². The molecule has 0 heterocycles. The number of halogens is 2. The Morgan fingerprint density at radius 3 is 2.31 bits per heavy atom. The molecule has 0 saturated carbocycles. The number of nitrogens with one attached hydrogen (secondary N) is 1. The van der Waals surface area contributed by atoms with Crippen LogP contribution in [0.4, 0.5) is 11.4 Å². The zero-order valence-corrected chi connectivity index (χ0v) is 21.0. The molecule has 0 aliphatic carbocycles. The average Bonchev–Trinajstić information content (AvgIpc) is 2.68. The van der Waals surface area contributed by atoms with Crippen LogP contribution in [0.2, 0.25) is 0 Å². The van der Waals surface area contributed by atoms with E-state index in [2.05, 4.69) is 16.3 Å². The molecular formula is C21H25Cl2N2O3Y-. The molecule has 0 fully saturated rings. The summed E-state index contributed by atoms with van der Waals surface area (Å²) in [5.41, 5.74) is 0.826. The second-order valence-corrected chi connectivity index (χ2v) is 7.39. The summed E-state index contributed by atoms with van der Waals surface area (Å²) in [7, 11) is 0. The summed E-state index contributed by atoms with van der Waals surface area (Å²) in [4.78, 5) is 14.4. The quantitative estimate of drug-likeness (QED) is 0.375. The molecule has 1 atom stereocenters. The minimum absolute atomic E-state index is 0. The molecule has 0 unspecified atom stereocenters. The normalized spacial score (nSPS) is 12.4. The Hall–Kier alpha value is -0.846. The first-order valence-corrected chi connectivity index (χ1v) is 10.0. The molecular weight excluding hydrogens is 488 g/mol. The van der Waals surface area contributed by atoms with Crippen LogP contribution in [0, 0.1) is 13.0 Å². The molecule has 5 nitrogen and oxygen atoms in total. The molecule has 0 aliphatic rings. The third-order valence-electron chi connectivity index (χ3n) is 4.15. The number of benzene rings is 2. The maximum absolute atomic E-state index is 12.3. The molecule has 2 rings (SSSR count). The van der Waals surface area contributed by atoms with Gasteiger partial charge in [-0.25, -0.2) is 0 Å². The number of aryl methyl sites for hydroxylation is 1. The van der Waals surface area contributed by atoms with E-state index < -0.39 is 11.5 Å². The van der Waals surface area contributed by atoms with Gasteiger partial charge >= 0.3 is 0 Å². The zero-order chi connectivity index (χ0) is 20.6. The third-order valence-corrected chi connectivity index (χ3v) is 4.48. The van der Waals surface area contributed by atoms with E-state index in [9.17, 15) is 9.90 Å². The zero-order valence-electron chi connectivity index (χ0n) is 16.6. The van der Waals surface area contributed by atoms with Crippen molar-refractivity contribution < 1.29 is 47.3 Å². The number of carbonyl (C=O) groups excluding carboxylic acids is 1. The Kier molecular flexibility index (Phi) is 11.5. The van der Waals surface area contributed by atoms with Crippen LogP contribution < -0.4 is 15.0 Å². The Balaban J connectivity index is 0.00000420. The fourth-order valence-electron chi connectivity index (χ4n) is 2.46. The summed E-state index contributed by atoms with van der Waals surface area (Å²) in [6.45, 7) is 4.53. The van der Waals surface area contributed by atoms with Gasteiger partial charge in [-0.1, -0.05) is 12.6 Å². The molecule has 1 radical (unpaired) electrons. The molecule has 8 heteroatoms. The molecule has 29 heavy (non-hydrogen) atoms. The van der Waals surface area contributed by atoms with E-state index in [-0.39, 0.29) is 39.3 Å². The number of aliphatic hydroxyl groups is 1. The van der Waals surface area contributed by atoms with Gasteiger partial charge in [-0.05, 0) is 31.2 Å². The average molecular weight is 513 g/mol. The number of anilines is 2. The van der Waals surface area contributed by atoms with Gasteiger partial charge < -0.3 is 20.1 Å². The third kappa shape index (κ3) is 8.43. The van der Waals surface area contributed by atoms with E-state index in [4.69, 9.17) is 27.9 Å². The summed E-state index contributed by atoms with van der Waals surface area (Å²) in [5, 5.41) is 13.1. The van der Waals surface area contributed by atoms with Crippen LogP contribution >= 0.6 is 23.2 Å². The molecule has 2 N–H and O–H groups in total. The van der Waals surface area contributed by atoms with Gasteiger partial charge in [-0.3, -0.25) is 4.79 Å². The number of alkyl halides is 2. The fourth-order valence-corrected chi connectivity index (χ4v) is 2.87. The molecule has 1 amide bonds. The van der Waals surface area contributed by atoms with E-state index in [1.54, 1.807) is 24.3 Å². The van der Waals surface area contributed by atoms with Crippen LogP contribution in [-0.2, 0) is 37.5 Å². The Labute approximate surface area is 207 Å². The topological polar surface area (TPSA) is 61.8 Å². The molecule has 0 aromatic heterocycles. The number of carbonyl (C=O) groups is 1. The van der Waals surface area contributed by atoms with Crippen molar-refractivity contribution in [1.82, 2.24) is 0 Å². The van der Waals surface area contributed by atoms with Crippen molar-refractivity contribution in [3.05, 3.63) is 54.1 Å². The summed E-state index contributed by atoms with van der Waals surface area (Å²) in [5.74, 6) is 1.02. The number of rotatable bonds is 10. The van der Waals surface area contributed by atoms with E-state index in [0.717, 1.165) is 11.3 Å². The van der Waals surface area contributed by atoms with E-state index in [1.807, 2.05) is 25.1 Å². The van der Waals surface area contributed by atoms with Gasteiger partial charge in [0.15, 0.2) is 5.60 Å². The molecule has 0 aliphatic heterocycles. The Morgan fingerprint density at radius 1 is 1.17 bits per heavy atom. The molecule has 2 aromatic rings. The smallest absolute Gasteiger partial charge is 0.248 e. The summed E-state index contributed by atoms with van der Waals surface area (Å²) >= 11 is 11.7. The van der Waals surface area contributed by atoms with Gasteiger partial charge in [-0.15, -0.1) is 29.3 Å². The van der Waals surface area contributed by atoms with Crippen LogP contribution in [0.3, 0.4) is 0 Å². The predicted molar refractivity (Wildman–Crippen MR) is 115 cm³/mol. The second kappa shape index (κ2) is 12.8. The number of ether oxygens (including phenoxy) is 1. The first-order chi connectivity index (χ1) is 13.4. The maximum atomic E-state index is 12.3. The van der Waals surface area contributed by atoms with Crippen molar-refractivity contribution in [1.29, 1.82) is 0 Å². The van der Waals surface area contributed by atoms with Crippen LogP contribution in [-0.4, -0.2) is 48.1 Å². The van der Waals surface area contributed by atoms with E-state index >= 15 is 0 Å². The SMILES string of the molecule is Cc1[c-]cc(NC(=O)[C@@](C)(O)COc2ccc(N(CCCl)CCCl)cc2)cc1.[Y]. The number of amides is 1. The van der Waals surface area contributed by atoms with Gasteiger partial charge in [0.25, 0.3) is 0 Å². The number of nitrogens with zero attached hydrogens (tertiary/aromatic N) is 1. The van der Waals surface area contributed by atoms with E-state index in [0.29, 0.717) is 36.3 Å². The summed E-state index contributed by atoms with van der Waals surface area (Å²) in [6, 6.07) is 15.6. The summed E-state index contributed by atoms with van der Waals surface area (Å²) < 4.78 is 5.61. The van der Waals surface area contributed by atoms with Crippen molar-refractivity contribution in [3.8, 4) is 5.75 Å². The Bertz CT molecular complexity index is 750. The standard InChI is InChI=1S/C21H25Cl2N2O3.Y/c1-16-3-5-17(6-4-16)24-20(26)21(2,27)15-28-19-9-7-18(8-10-19)25(13-11-22)14-12-23;/h3,5-10,27H,11-15H2,1-2H3,(H,24,26);/q-1;/t21-;/m0./s1. The van der Waals surface area contributed by atoms with Crippen molar-refractivity contribution in [2.45, 2.75) is 19.4 Å². The van der Waals surface area contributed by atoms with Gasteiger partial charge in [0.1, 0.15) is 12.4 Å². The Morgan fingerprint density at radius 2 is 1.79 bits per heavy atom. The monoisotopic (exact) mass is 512 g/mol. The number of hydrogen-bond donors (Lipinski definition) is 2. The maximum Gasteiger partial charge on any atom is 0.248 e. The van der Waals surface area contributed by atoms with Crippen molar-refractivity contribution >= 4 is 40.5 Å². The first kappa shape index (κ1) is 26.2. The minimum Gasteiger partial charge on any atom is -0.490 e. The van der Waals surface area contributed by atoms with Crippen molar-refractivity contribution in [3.63, 3.8) is 0 Å². The summed E-state index contributed by atoms with van der Waals surface area (Å²) in [6.07, 6.45) is 0. The second-order valence-electron chi connectivity index (χ2n) is 6.64. The molecule has 0 spiro atoms. The van der Waals surface area contributed by atoms with Gasteiger partial charge in [0.05, 0.1) is 0 Å². The minimum atomic E-state index is -1.69. The molecule has 2 aromatic carbocycles. The molecule has 155 valence electrons. The number of hydrogen-bond acceptors (Lipinski definition) is 4. The molecule has 0 saturated heterocycles. The van der Waals surface area contributed by atoms with Crippen molar-refractivity contribution in [2.75, 3.05) is 41.7 Å². The van der Waals surface area contributed by atoms with Crippen LogP contribution in [0.1, 0.15) is 12.5 Å². The van der Waals surface area contributed by atoms with Crippen LogP contribution in [0.15, 0.2) is 42.5 Å². The molecule has 0 bridgehead atoms. The first-order valence-electron chi connectivity index (χ1n) is 8.97. The van der Waals surface area contributed by atoms with Gasteiger partial charge in [-0.2, -0.15) is 23.8 Å². The fraction of sp³-hybridized carbons (Fsp3) is 0.381. The van der Waals surface area contributed by atoms with Crippen LogP contribution in [0.25, 0.3) is 0 Å².